The van der Waals surface area contributed by atoms with Crippen LogP contribution in [0.2, 0.25) is 0 Å². The molecule has 0 bridgehead atoms. The van der Waals surface area contributed by atoms with E-state index in [2.05, 4.69) is 17.2 Å². The van der Waals surface area contributed by atoms with E-state index >= 15 is 0 Å². The van der Waals surface area contributed by atoms with Gasteiger partial charge in [-0.3, -0.25) is 0 Å². The lowest BCUT2D eigenvalue weighted by molar-refractivity contribution is -0.138. The Morgan fingerprint density at radius 3 is 3.11 bits per heavy atom. The highest BCUT2D eigenvalue weighted by Crippen LogP contribution is 2.26. The van der Waals surface area contributed by atoms with Gasteiger partial charge in [-0.2, -0.15) is 0 Å². The zero-order chi connectivity index (χ0) is 13.0. The number of hydrogen-bond acceptors (Lipinski definition) is 4. The van der Waals surface area contributed by atoms with Gasteiger partial charge in [0, 0.05) is 16.3 Å². The Bertz CT molecular complexity index is 539. The van der Waals surface area contributed by atoms with Crippen molar-refractivity contribution in [3.8, 4) is 0 Å². The minimum atomic E-state index is -0.822. The van der Waals surface area contributed by atoms with Crippen LogP contribution in [0.3, 0.4) is 0 Å². The summed E-state index contributed by atoms with van der Waals surface area (Å²) in [5, 5.41) is 15.2. The summed E-state index contributed by atoms with van der Waals surface area (Å²) in [6.07, 6.45) is 4.21. The maximum absolute atomic E-state index is 11.2. The van der Waals surface area contributed by atoms with Crippen molar-refractivity contribution in [2.24, 2.45) is 0 Å². The molecular weight excluding hydrogens is 248 g/mol. The van der Waals surface area contributed by atoms with Crippen LogP contribution < -0.4 is 5.32 Å². The fourth-order valence-corrected chi connectivity index (χ4v) is 2.62. The third-order valence-electron chi connectivity index (χ3n) is 2.84. The Morgan fingerprint density at radius 1 is 1.56 bits per heavy atom. The van der Waals surface area contributed by atoms with E-state index < -0.39 is 12.0 Å². The van der Waals surface area contributed by atoms with Crippen LogP contribution in [0.25, 0.3) is 10.1 Å². The number of aliphatic carboxylic acids is 1. The van der Waals surface area contributed by atoms with Crippen molar-refractivity contribution < 1.29 is 9.90 Å². The molecule has 5 heteroatoms. The lowest BCUT2D eigenvalue weighted by Crippen LogP contribution is -2.29. The van der Waals surface area contributed by atoms with E-state index in [0.717, 1.165) is 22.9 Å². The van der Waals surface area contributed by atoms with Gasteiger partial charge in [0.15, 0.2) is 0 Å². The molecule has 0 amide bonds. The maximum Gasteiger partial charge on any atom is 0.326 e. The Hall–Kier alpha value is -1.62. The van der Waals surface area contributed by atoms with Crippen LogP contribution in [0, 0.1) is 0 Å². The topological polar surface area (TPSA) is 62.2 Å². The lowest BCUT2D eigenvalue weighted by atomic mass is 10.1. The predicted octanol–water partition coefficient (Wildman–Crippen LogP) is 3.35. The van der Waals surface area contributed by atoms with Gasteiger partial charge in [-0.05, 0) is 23.9 Å². The number of pyridine rings is 1. The monoisotopic (exact) mass is 264 g/mol. The summed E-state index contributed by atoms with van der Waals surface area (Å²) in [6.45, 7) is 2.05. The zero-order valence-corrected chi connectivity index (χ0v) is 11.0. The standard InChI is InChI=1S/C13H16N2O2S/c1-2-3-4-10(13(16)17)15-12-9-6-8-18-11(9)5-7-14-12/h5-8,10H,2-4H2,1H3,(H,14,15)(H,16,17). The summed E-state index contributed by atoms with van der Waals surface area (Å²) >= 11 is 1.63. The first kappa shape index (κ1) is 12.8. The van der Waals surface area contributed by atoms with E-state index in [9.17, 15) is 9.90 Å². The second kappa shape index (κ2) is 5.82. The minimum absolute atomic E-state index is 0.567. The number of nitrogens with one attached hydrogen (secondary N) is 1. The van der Waals surface area contributed by atoms with Gasteiger partial charge in [0.05, 0.1) is 0 Å². The van der Waals surface area contributed by atoms with Crippen molar-refractivity contribution >= 4 is 33.2 Å². The minimum Gasteiger partial charge on any atom is -0.480 e. The van der Waals surface area contributed by atoms with Crippen molar-refractivity contribution in [2.45, 2.75) is 32.2 Å². The Morgan fingerprint density at radius 2 is 2.39 bits per heavy atom. The first-order chi connectivity index (χ1) is 8.72. The van der Waals surface area contributed by atoms with Crippen LogP contribution in [0.1, 0.15) is 26.2 Å². The molecule has 2 aromatic rings. The Labute approximate surface area is 110 Å². The van der Waals surface area contributed by atoms with Crippen LogP contribution in [0.15, 0.2) is 23.7 Å². The Balaban J connectivity index is 2.20. The molecule has 2 rings (SSSR count). The highest BCUT2D eigenvalue weighted by molar-refractivity contribution is 7.17. The summed E-state index contributed by atoms with van der Waals surface area (Å²) < 4.78 is 1.12. The number of carbonyl (C=O) groups is 1. The average Bonchev–Trinajstić information content (AvgIpc) is 2.83. The molecule has 0 saturated carbocycles. The van der Waals surface area contributed by atoms with E-state index in [0.29, 0.717) is 12.2 Å². The molecule has 18 heavy (non-hydrogen) atoms. The second-order valence-electron chi connectivity index (χ2n) is 4.17. The number of fused-ring (bicyclic) bond motifs is 1. The molecule has 0 aliphatic heterocycles. The third-order valence-corrected chi connectivity index (χ3v) is 3.72. The van der Waals surface area contributed by atoms with Crippen molar-refractivity contribution in [3.63, 3.8) is 0 Å². The van der Waals surface area contributed by atoms with Gasteiger partial charge < -0.3 is 10.4 Å². The molecule has 0 saturated heterocycles. The number of unbranched alkanes of at least 4 members (excludes halogenated alkanes) is 1. The summed E-state index contributed by atoms with van der Waals surface area (Å²) in [7, 11) is 0. The summed E-state index contributed by atoms with van der Waals surface area (Å²) in [4.78, 5) is 15.4. The molecule has 0 aliphatic rings. The number of carboxylic acid groups (broad SMARTS) is 1. The van der Waals surface area contributed by atoms with Gasteiger partial charge in [-0.1, -0.05) is 19.8 Å². The normalized spacial score (nSPS) is 12.5. The van der Waals surface area contributed by atoms with Crippen LogP contribution in [0.5, 0.6) is 0 Å². The van der Waals surface area contributed by atoms with E-state index in [1.165, 1.54) is 0 Å². The largest absolute Gasteiger partial charge is 0.480 e. The van der Waals surface area contributed by atoms with Gasteiger partial charge in [-0.25, -0.2) is 9.78 Å². The highest BCUT2D eigenvalue weighted by atomic mass is 32.1. The van der Waals surface area contributed by atoms with E-state index in [1.807, 2.05) is 17.5 Å². The number of nitrogens with zero attached hydrogens (tertiary/aromatic N) is 1. The number of aromatic nitrogens is 1. The lowest BCUT2D eigenvalue weighted by Gasteiger charge is -2.15. The van der Waals surface area contributed by atoms with Crippen molar-refractivity contribution in [3.05, 3.63) is 23.7 Å². The van der Waals surface area contributed by atoms with Crippen LogP contribution in [0.4, 0.5) is 5.82 Å². The maximum atomic E-state index is 11.2. The molecular formula is C13H16N2O2S. The van der Waals surface area contributed by atoms with Crippen molar-refractivity contribution in [1.29, 1.82) is 0 Å². The fourth-order valence-electron chi connectivity index (χ4n) is 1.84. The Kier molecular flexibility index (Phi) is 4.15. The summed E-state index contributed by atoms with van der Waals surface area (Å²) in [5.74, 6) is -0.158. The molecule has 2 aromatic heterocycles. The molecule has 4 nitrogen and oxygen atoms in total. The number of carboxylic acids is 1. The quantitative estimate of drug-likeness (QED) is 0.840. The molecule has 2 heterocycles. The molecule has 0 fully saturated rings. The molecule has 0 radical (unpaired) electrons. The van der Waals surface area contributed by atoms with Gasteiger partial charge in [0.25, 0.3) is 0 Å². The van der Waals surface area contributed by atoms with E-state index in [4.69, 9.17) is 0 Å². The first-order valence-electron chi connectivity index (χ1n) is 6.04. The number of anilines is 1. The molecule has 1 unspecified atom stereocenters. The van der Waals surface area contributed by atoms with Crippen LogP contribution >= 0.6 is 11.3 Å². The summed E-state index contributed by atoms with van der Waals surface area (Å²) in [6, 6.07) is 3.34. The molecule has 1 atom stereocenters. The molecule has 0 aliphatic carbocycles. The smallest absolute Gasteiger partial charge is 0.326 e. The second-order valence-corrected chi connectivity index (χ2v) is 5.12. The van der Waals surface area contributed by atoms with E-state index in [1.54, 1.807) is 17.5 Å². The van der Waals surface area contributed by atoms with Crippen molar-refractivity contribution in [1.82, 2.24) is 4.98 Å². The van der Waals surface area contributed by atoms with E-state index in [-0.39, 0.29) is 0 Å². The number of rotatable bonds is 6. The SMILES string of the molecule is CCCCC(Nc1nccc2sccc12)C(=O)O. The van der Waals surface area contributed by atoms with Gasteiger partial charge >= 0.3 is 5.97 Å². The summed E-state index contributed by atoms with van der Waals surface area (Å²) in [5.41, 5.74) is 0. The number of thiophene rings is 1. The van der Waals surface area contributed by atoms with Gasteiger partial charge in [0.2, 0.25) is 0 Å². The van der Waals surface area contributed by atoms with Gasteiger partial charge in [0.1, 0.15) is 11.9 Å². The van der Waals surface area contributed by atoms with Crippen LogP contribution in [-0.4, -0.2) is 22.1 Å². The first-order valence-corrected chi connectivity index (χ1v) is 6.92. The van der Waals surface area contributed by atoms with Crippen molar-refractivity contribution in [2.75, 3.05) is 5.32 Å². The molecule has 2 N–H and O–H groups in total. The average molecular weight is 264 g/mol. The number of hydrogen-bond donors (Lipinski definition) is 2. The molecule has 96 valence electrons. The predicted molar refractivity (Wildman–Crippen MR) is 74.2 cm³/mol. The zero-order valence-electron chi connectivity index (χ0n) is 10.2. The third kappa shape index (κ3) is 2.79. The fraction of sp³-hybridized carbons (Fsp3) is 0.385. The van der Waals surface area contributed by atoms with Crippen LogP contribution in [-0.2, 0) is 4.79 Å². The highest BCUT2D eigenvalue weighted by Gasteiger charge is 2.18. The molecule has 0 aromatic carbocycles. The molecule has 0 spiro atoms. The van der Waals surface area contributed by atoms with Gasteiger partial charge in [-0.15, -0.1) is 11.3 Å².